The first-order chi connectivity index (χ1) is 21.6. The highest BCUT2D eigenvalue weighted by atomic mass is 32.2. The molecule has 6 rings (SSSR count). The van der Waals surface area contributed by atoms with E-state index in [1.54, 1.807) is 24.5 Å². The zero-order valence-electron chi connectivity index (χ0n) is 25.0. The predicted octanol–water partition coefficient (Wildman–Crippen LogP) is 3.06. The topological polar surface area (TPSA) is 144 Å². The third kappa shape index (κ3) is 6.34. The van der Waals surface area contributed by atoms with Gasteiger partial charge in [0.15, 0.2) is 5.78 Å². The maximum Gasteiger partial charge on any atom is 0.257 e. The fourth-order valence-corrected chi connectivity index (χ4v) is 7.14. The number of methoxy groups -OCH3 is 1. The monoisotopic (exact) mass is 635 g/mol. The third-order valence-electron chi connectivity index (χ3n) is 8.31. The summed E-state index contributed by atoms with van der Waals surface area (Å²) < 4.78 is 47.4. The summed E-state index contributed by atoms with van der Waals surface area (Å²) in [5.74, 6) is -1.27. The number of hydrogen-bond acceptors (Lipinski definition) is 8. The van der Waals surface area contributed by atoms with E-state index in [1.807, 2.05) is 12.1 Å². The van der Waals surface area contributed by atoms with Gasteiger partial charge in [0, 0.05) is 92.7 Å². The molecule has 4 aromatic rings. The normalized spacial score (nSPS) is 15.9. The lowest BCUT2D eigenvalue weighted by molar-refractivity contribution is 0.0992. The molecule has 2 aromatic heterocycles. The van der Waals surface area contributed by atoms with E-state index >= 15 is 0 Å². The number of fused-ring (bicyclic) bond motifs is 1. The van der Waals surface area contributed by atoms with Crippen molar-refractivity contribution in [1.29, 1.82) is 0 Å². The number of benzene rings is 2. The molecule has 2 aliphatic heterocycles. The average molecular weight is 636 g/mol. The van der Waals surface area contributed by atoms with Crippen LogP contribution in [0.2, 0.25) is 0 Å². The van der Waals surface area contributed by atoms with Crippen LogP contribution in [0.15, 0.2) is 59.8 Å². The zero-order chi connectivity index (χ0) is 31.7. The van der Waals surface area contributed by atoms with Crippen molar-refractivity contribution in [2.24, 2.45) is 0 Å². The van der Waals surface area contributed by atoms with Gasteiger partial charge in [-0.3, -0.25) is 14.7 Å². The average Bonchev–Trinajstić information content (AvgIpc) is 3.72. The number of aromatic nitrogens is 3. The number of nitrogens with zero attached hydrogens (tertiary/aromatic N) is 4. The van der Waals surface area contributed by atoms with Gasteiger partial charge < -0.3 is 24.8 Å². The molecule has 3 N–H and O–H groups in total. The van der Waals surface area contributed by atoms with Gasteiger partial charge in [-0.2, -0.15) is 9.40 Å². The van der Waals surface area contributed by atoms with E-state index < -0.39 is 15.8 Å². The van der Waals surface area contributed by atoms with Crippen LogP contribution in [0, 0.1) is 5.82 Å². The number of ketones is 1. The second kappa shape index (κ2) is 12.5. The van der Waals surface area contributed by atoms with Crippen molar-refractivity contribution in [1.82, 2.24) is 24.4 Å². The van der Waals surface area contributed by atoms with Gasteiger partial charge in [-0.1, -0.05) is 0 Å². The van der Waals surface area contributed by atoms with E-state index in [9.17, 15) is 22.4 Å². The summed E-state index contributed by atoms with van der Waals surface area (Å²) in [7, 11) is -0.657. The molecular formula is C31H34FN7O5S. The van der Waals surface area contributed by atoms with Gasteiger partial charge >= 0.3 is 0 Å². The van der Waals surface area contributed by atoms with Crippen molar-refractivity contribution in [3.05, 3.63) is 88.8 Å². The van der Waals surface area contributed by atoms with Crippen molar-refractivity contribution in [2.45, 2.75) is 24.3 Å². The van der Waals surface area contributed by atoms with Crippen LogP contribution in [0.4, 0.5) is 15.8 Å². The highest BCUT2D eigenvalue weighted by Crippen LogP contribution is 2.31. The molecule has 1 saturated heterocycles. The van der Waals surface area contributed by atoms with Crippen LogP contribution >= 0.6 is 0 Å². The summed E-state index contributed by atoms with van der Waals surface area (Å²) in [6.45, 7) is 3.55. The van der Waals surface area contributed by atoms with Gasteiger partial charge in [0.1, 0.15) is 11.6 Å². The van der Waals surface area contributed by atoms with Gasteiger partial charge in [0.05, 0.1) is 35.4 Å². The number of sulfonamides is 1. The van der Waals surface area contributed by atoms with Crippen LogP contribution in [0.1, 0.15) is 37.7 Å². The molecule has 2 aromatic carbocycles. The molecule has 14 heteroatoms. The number of piperazine rings is 1. The quantitative estimate of drug-likeness (QED) is 0.238. The van der Waals surface area contributed by atoms with Gasteiger partial charge in [0.2, 0.25) is 10.0 Å². The van der Waals surface area contributed by atoms with Crippen molar-refractivity contribution < 1.29 is 27.1 Å². The lowest BCUT2D eigenvalue weighted by atomic mass is 9.99. The fraction of sp³-hybridized carbons (Fsp3) is 0.323. The molecule has 1 fully saturated rings. The van der Waals surface area contributed by atoms with E-state index in [0.717, 1.165) is 49.7 Å². The van der Waals surface area contributed by atoms with Crippen LogP contribution in [-0.4, -0.2) is 91.4 Å². The summed E-state index contributed by atoms with van der Waals surface area (Å²) in [5, 5.41) is 10.2. The van der Waals surface area contributed by atoms with E-state index in [1.165, 1.54) is 17.5 Å². The number of rotatable bonds is 9. The molecule has 236 valence electrons. The molecule has 4 heterocycles. The molecule has 45 heavy (non-hydrogen) atoms. The molecule has 0 radical (unpaired) electrons. The SMILES string of the molecule is COc1cc(F)cc(S(=O)(=O)N2CCc3[nH]nc(CC(=O)c4ccc(N5CCN(C)CC5)cc4NC(=O)c4cc[nH]c4)c3C2)c1. The van der Waals surface area contributed by atoms with Crippen molar-refractivity contribution >= 4 is 33.1 Å². The molecule has 0 spiro atoms. The third-order valence-corrected chi connectivity index (χ3v) is 10.1. The Balaban J connectivity index is 1.26. The highest BCUT2D eigenvalue weighted by molar-refractivity contribution is 7.89. The summed E-state index contributed by atoms with van der Waals surface area (Å²) >= 11 is 0. The second-order valence-corrected chi connectivity index (χ2v) is 13.2. The summed E-state index contributed by atoms with van der Waals surface area (Å²) in [6.07, 6.45) is 3.46. The number of amides is 1. The molecule has 12 nitrogen and oxygen atoms in total. The van der Waals surface area contributed by atoms with Crippen LogP contribution in [0.25, 0.3) is 0 Å². The van der Waals surface area contributed by atoms with Gasteiger partial charge in [-0.25, -0.2) is 12.8 Å². The number of nitrogens with one attached hydrogen (secondary N) is 3. The Morgan fingerprint density at radius 2 is 1.87 bits per heavy atom. The summed E-state index contributed by atoms with van der Waals surface area (Å²) in [4.78, 5) is 33.9. The number of carbonyl (C=O) groups is 2. The first-order valence-electron chi connectivity index (χ1n) is 14.6. The van der Waals surface area contributed by atoms with Gasteiger partial charge in [0.25, 0.3) is 5.91 Å². The standard InChI is InChI=1S/C31H34FN7O5S/c1-37-9-11-38(12-10-37)22-3-4-25(28(15-22)34-31(41)20-5-7-33-18-20)30(40)17-29-26-19-39(8-6-27(26)35-36-29)45(42,43)24-14-21(32)13-23(16-24)44-2/h3-5,7,13-16,18,33H,6,8-12,17,19H2,1-2H3,(H,34,41)(H,35,36). The largest absolute Gasteiger partial charge is 0.497 e. The Bertz CT molecular complexity index is 1830. The van der Waals surface area contributed by atoms with E-state index in [4.69, 9.17) is 4.74 Å². The summed E-state index contributed by atoms with van der Waals surface area (Å²) in [5.41, 5.74) is 3.80. The van der Waals surface area contributed by atoms with E-state index in [-0.39, 0.29) is 41.8 Å². The molecule has 1 amide bonds. The fourth-order valence-electron chi connectivity index (χ4n) is 5.68. The number of Topliss-reactive ketones (excluding diaryl/α,β-unsaturated/α-hetero) is 1. The van der Waals surface area contributed by atoms with E-state index in [0.29, 0.717) is 34.5 Å². The number of halogens is 1. The van der Waals surface area contributed by atoms with Crippen LogP contribution in [-0.2, 0) is 29.4 Å². The smallest absolute Gasteiger partial charge is 0.257 e. The van der Waals surface area contributed by atoms with Crippen molar-refractivity contribution in [2.75, 3.05) is 57.1 Å². The van der Waals surface area contributed by atoms with Gasteiger partial charge in [-0.05, 0) is 37.4 Å². The molecule has 2 aliphatic rings. The number of aromatic amines is 2. The zero-order valence-corrected chi connectivity index (χ0v) is 25.8. The highest BCUT2D eigenvalue weighted by Gasteiger charge is 2.32. The number of ether oxygens (including phenoxy) is 1. The second-order valence-electron chi connectivity index (χ2n) is 11.2. The first-order valence-corrected chi connectivity index (χ1v) is 16.0. The van der Waals surface area contributed by atoms with E-state index in [2.05, 4.69) is 37.3 Å². The lowest BCUT2D eigenvalue weighted by Crippen LogP contribution is -2.44. The van der Waals surface area contributed by atoms with Crippen LogP contribution in [0.5, 0.6) is 5.75 Å². The lowest BCUT2D eigenvalue weighted by Gasteiger charge is -2.34. The number of hydrogen-bond donors (Lipinski definition) is 3. The van der Waals surface area contributed by atoms with Crippen LogP contribution in [0.3, 0.4) is 0 Å². The van der Waals surface area contributed by atoms with Gasteiger partial charge in [-0.15, -0.1) is 0 Å². The van der Waals surface area contributed by atoms with Crippen molar-refractivity contribution in [3.63, 3.8) is 0 Å². The minimum Gasteiger partial charge on any atom is -0.497 e. The number of carbonyl (C=O) groups excluding carboxylic acids is 2. The maximum atomic E-state index is 14.2. The Morgan fingerprint density at radius 3 is 2.60 bits per heavy atom. The Kier molecular flexibility index (Phi) is 8.44. The molecule has 0 aliphatic carbocycles. The molecule has 0 saturated carbocycles. The first kappa shape index (κ1) is 30.5. The molecule has 0 atom stereocenters. The Labute approximate surface area is 260 Å². The van der Waals surface area contributed by atoms with Crippen molar-refractivity contribution in [3.8, 4) is 5.75 Å². The number of likely N-dealkylation sites (N-methyl/N-ethyl adjacent to an activating group) is 1. The number of H-pyrrole nitrogens is 2. The molecule has 0 unspecified atom stereocenters. The predicted molar refractivity (Wildman–Crippen MR) is 166 cm³/mol. The minimum absolute atomic E-state index is 0.0327. The van der Waals surface area contributed by atoms with Crippen LogP contribution < -0.4 is 15.0 Å². The molecule has 0 bridgehead atoms. The minimum atomic E-state index is -4.07. The molecular weight excluding hydrogens is 601 g/mol. The number of anilines is 2. The summed E-state index contributed by atoms with van der Waals surface area (Å²) in [6, 6.07) is 10.4. The Morgan fingerprint density at radius 1 is 1.07 bits per heavy atom. The maximum absolute atomic E-state index is 14.2. The Hall–Kier alpha value is -4.53.